The first-order valence-electron chi connectivity index (χ1n) is 6.47. The molecule has 0 atom stereocenters. The quantitative estimate of drug-likeness (QED) is 0.796. The van der Waals surface area contributed by atoms with E-state index in [0.29, 0.717) is 16.7 Å². The first-order chi connectivity index (χ1) is 10.6. The highest BCUT2D eigenvalue weighted by Gasteiger charge is 2.15. The second-order valence-corrected chi connectivity index (χ2v) is 4.69. The fraction of sp³-hybridized carbons (Fsp3) is 0.0588. The topological polar surface area (TPSA) is 83.5 Å². The predicted octanol–water partition coefficient (Wildman–Crippen LogP) is 3.68. The number of furan rings is 1. The van der Waals surface area contributed by atoms with E-state index in [1.165, 1.54) is 13.2 Å². The zero-order valence-corrected chi connectivity index (χ0v) is 11.7. The normalized spacial score (nSPS) is 10.4. The Morgan fingerprint density at radius 2 is 2.09 bits per heavy atom. The van der Waals surface area contributed by atoms with Crippen LogP contribution in [0.1, 0.15) is 15.9 Å². The van der Waals surface area contributed by atoms with Crippen LogP contribution in [0.3, 0.4) is 0 Å². The first kappa shape index (κ1) is 13.7. The summed E-state index contributed by atoms with van der Waals surface area (Å²) in [5, 5.41) is 19.1. The van der Waals surface area contributed by atoms with Crippen LogP contribution in [-0.4, -0.2) is 18.2 Å². The number of carboxylic acids is 1. The number of carbonyl (C=O) groups is 1. The number of benzene rings is 2. The van der Waals surface area contributed by atoms with Crippen LogP contribution in [0.4, 0.5) is 0 Å². The number of carboxylic acid groups (broad SMARTS) is 1. The maximum atomic E-state index is 11.2. The van der Waals surface area contributed by atoms with E-state index < -0.39 is 5.97 Å². The Morgan fingerprint density at radius 1 is 1.27 bits per heavy atom. The van der Waals surface area contributed by atoms with Crippen LogP contribution >= 0.6 is 0 Å². The highest BCUT2D eigenvalue weighted by atomic mass is 16.5. The molecule has 0 unspecified atom stereocenters. The van der Waals surface area contributed by atoms with Crippen molar-refractivity contribution in [1.82, 2.24) is 0 Å². The van der Waals surface area contributed by atoms with Crippen molar-refractivity contribution in [1.29, 1.82) is 5.26 Å². The molecule has 3 aromatic rings. The number of methoxy groups -OCH3 is 1. The largest absolute Gasteiger partial charge is 0.496 e. The Bertz CT molecular complexity index is 918. The number of nitrogens with zero attached hydrogens (tertiary/aromatic N) is 1. The third-order valence-corrected chi connectivity index (χ3v) is 3.42. The Hall–Kier alpha value is -3.26. The molecule has 0 aliphatic rings. The molecular formula is C17H11NO4. The minimum atomic E-state index is -1.06. The molecule has 1 N–H and O–H groups in total. The molecule has 2 aromatic carbocycles. The number of rotatable bonds is 3. The van der Waals surface area contributed by atoms with Gasteiger partial charge in [0.1, 0.15) is 16.9 Å². The van der Waals surface area contributed by atoms with Gasteiger partial charge in [0.15, 0.2) is 0 Å². The van der Waals surface area contributed by atoms with E-state index in [1.54, 1.807) is 36.6 Å². The third-order valence-electron chi connectivity index (χ3n) is 3.42. The molecule has 1 heterocycles. The minimum absolute atomic E-state index is 0.0818. The van der Waals surface area contributed by atoms with Crippen LogP contribution < -0.4 is 4.74 Å². The van der Waals surface area contributed by atoms with Crippen molar-refractivity contribution in [2.75, 3.05) is 7.11 Å². The molecule has 0 spiro atoms. The summed E-state index contributed by atoms with van der Waals surface area (Å²) < 4.78 is 10.6. The number of hydrogen-bond donors (Lipinski definition) is 1. The first-order valence-corrected chi connectivity index (χ1v) is 6.47. The van der Waals surface area contributed by atoms with E-state index in [-0.39, 0.29) is 11.3 Å². The monoisotopic (exact) mass is 293 g/mol. The molecule has 0 fully saturated rings. The van der Waals surface area contributed by atoms with Crippen molar-refractivity contribution in [3.63, 3.8) is 0 Å². The highest BCUT2D eigenvalue weighted by Crippen LogP contribution is 2.34. The molecule has 5 nitrogen and oxygen atoms in total. The standard InChI is InChI=1S/C17H11NO4/c1-21-15-8-11(2-3-13(15)17(19)20)14-7-10(9-18)6-12-4-5-22-16(12)14/h2-8H,1H3,(H,19,20). The summed E-state index contributed by atoms with van der Waals surface area (Å²) in [6, 6.07) is 12.1. The second kappa shape index (κ2) is 5.26. The van der Waals surface area contributed by atoms with Gasteiger partial charge in [-0.1, -0.05) is 6.07 Å². The number of aromatic carboxylic acids is 1. The lowest BCUT2D eigenvalue weighted by Gasteiger charge is -2.09. The van der Waals surface area contributed by atoms with Crippen LogP contribution in [0.25, 0.3) is 22.1 Å². The molecule has 108 valence electrons. The maximum absolute atomic E-state index is 11.2. The fourth-order valence-corrected chi connectivity index (χ4v) is 2.40. The third kappa shape index (κ3) is 2.17. The Morgan fingerprint density at radius 3 is 2.77 bits per heavy atom. The van der Waals surface area contributed by atoms with Crippen molar-refractivity contribution in [2.45, 2.75) is 0 Å². The summed E-state index contributed by atoms with van der Waals surface area (Å²) in [4.78, 5) is 11.2. The molecule has 0 bridgehead atoms. The number of fused-ring (bicyclic) bond motifs is 1. The lowest BCUT2D eigenvalue weighted by molar-refractivity contribution is 0.0693. The van der Waals surface area contributed by atoms with E-state index >= 15 is 0 Å². The highest BCUT2D eigenvalue weighted by molar-refractivity contribution is 5.96. The molecular weight excluding hydrogens is 282 g/mol. The Labute approximate surface area is 126 Å². The van der Waals surface area contributed by atoms with E-state index in [0.717, 1.165) is 10.9 Å². The Balaban J connectivity index is 2.25. The lowest BCUT2D eigenvalue weighted by Crippen LogP contribution is -2.00. The van der Waals surface area contributed by atoms with Gasteiger partial charge in [0, 0.05) is 10.9 Å². The van der Waals surface area contributed by atoms with Gasteiger partial charge in [-0.2, -0.15) is 5.26 Å². The average Bonchev–Trinajstić information content (AvgIpc) is 3.01. The molecule has 0 saturated heterocycles. The average molecular weight is 293 g/mol. The van der Waals surface area contributed by atoms with Crippen molar-refractivity contribution in [2.24, 2.45) is 0 Å². The Kier molecular flexibility index (Phi) is 3.28. The van der Waals surface area contributed by atoms with Crippen LogP contribution in [-0.2, 0) is 0 Å². The summed E-state index contributed by atoms with van der Waals surface area (Å²) in [6.07, 6.45) is 1.55. The van der Waals surface area contributed by atoms with Gasteiger partial charge in [0.25, 0.3) is 0 Å². The summed E-state index contributed by atoms with van der Waals surface area (Å²) in [5.74, 6) is -0.801. The van der Waals surface area contributed by atoms with Gasteiger partial charge in [-0.3, -0.25) is 0 Å². The maximum Gasteiger partial charge on any atom is 0.339 e. The zero-order chi connectivity index (χ0) is 15.7. The van der Waals surface area contributed by atoms with Gasteiger partial charge in [0.05, 0.1) is 25.0 Å². The van der Waals surface area contributed by atoms with Gasteiger partial charge in [0.2, 0.25) is 0 Å². The number of hydrogen-bond acceptors (Lipinski definition) is 4. The molecule has 0 aliphatic carbocycles. The fourth-order valence-electron chi connectivity index (χ4n) is 2.40. The van der Waals surface area contributed by atoms with E-state index in [2.05, 4.69) is 6.07 Å². The van der Waals surface area contributed by atoms with Crippen LogP contribution in [0.15, 0.2) is 47.1 Å². The predicted molar refractivity (Wildman–Crippen MR) is 79.9 cm³/mol. The van der Waals surface area contributed by atoms with Crippen molar-refractivity contribution < 1.29 is 19.1 Å². The SMILES string of the molecule is COc1cc(-c2cc(C#N)cc3ccoc23)ccc1C(=O)O. The molecule has 0 aliphatic heterocycles. The number of nitriles is 1. The summed E-state index contributed by atoms with van der Waals surface area (Å²) >= 11 is 0. The van der Waals surface area contributed by atoms with Crippen LogP contribution in [0.2, 0.25) is 0 Å². The van der Waals surface area contributed by atoms with Crippen molar-refractivity contribution in [3.8, 4) is 22.9 Å². The summed E-state index contributed by atoms with van der Waals surface area (Å²) in [7, 11) is 1.42. The minimum Gasteiger partial charge on any atom is -0.496 e. The molecule has 0 radical (unpaired) electrons. The van der Waals surface area contributed by atoms with Crippen LogP contribution in [0.5, 0.6) is 5.75 Å². The van der Waals surface area contributed by atoms with Crippen molar-refractivity contribution in [3.05, 3.63) is 53.8 Å². The molecule has 22 heavy (non-hydrogen) atoms. The molecule has 1 aromatic heterocycles. The smallest absolute Gasteiger partial charge is 0.339 e. The van der Waals surface area contributed by atoms with Gasteiger partial charge >= 0.3 is 5.97 Å². The second-order valence-electron chi connectivity index (χ2n) is 4.69. The van der Waals surface area contributed by atoms with E-state index in [1.807, 2.05) is 0 Å². The molecule has 0 saturated carbocycles. The zero-order valence-electron chi connectivity index (χ0n) is 11.7. The lowest BCUT2D eigenvalue weighted by atomic mass is 9.99. The number of ether oxygens (including phenoxy) is 1. The van der Waals surface area contributed by atoms with Gasteiger partial charge in [-0.15, -0.1) is 0 Å². The molecule has 3 rings (SSSR count). The van der Waals surface area contributed by atoms with E-state index in [4.69, 9.17) is 19.5 Å². The van der Waals surface area contributed by atoms with Crippen LogP contribution in [0, 0.1) is 11.3 Å². The van der Waals surface area contributed by atoms with Crippen molar-refractivity contribution >= 4 is 16.9 Å². The molecule has 5 heteroatoms. The van der Waals surface area contributed by atoms with Gasteiger partial charge in [-0.05, 0) is 35.9 Å². The van der Waals surface area contributed by atoms with Gasteiger partial charge < -0.3 is 14.3 Å². The van der Waals surface area contributed by atoms with E-state index in [9.17, 15) is 4.79 Å². The summed E-state index contributed by atoms with van der Waals surface area (Å²) in [5.41, 5.74) is 2.67. The molecule has 0 amide bonds. The summed E-state index contributed by atoms with van der Waals surface area (Å²) in [6.45, 7) is 0. The van der Waals surface area contributed by atoms with Gasteiger partial charge in [-0.25, -0.2) is 4.79 Å².